The number of carbonyl (C=O) groups is 1. The Labute approximate surface area is 146 Å². The van der Waals surface area contributed by atoms with E-state index in [0.29, 0.717) is 37.6 Å². The van der Waals surface area contributed by atoms with Crippen LogP contribution in [0.4, 0.5) is 11.4 Å². The monoisotopic (exact) mass is 350 g/mol. The Kier molecular flexibility index (Phi) is 5.47. The van der Waals surface area contributed by atoms with Crippen molar-refractivity contribution in [3.05, 3.63) is 33.9 Å². The SMILES string of the molecule is C[NH+]1CCN(NC(=O)c2cc([N+](=O)[O-])ccc2N2CCOCC2)CC1. The van der Waals surface area contributed by atoms with Gasteiger partial charge in [0.1, 0.15) is 0 Å². The zero-order chi connectivity index (χ0) is 17.8. The zero-order valence-corrected chi connectivity index (χ0v) is 14.4. The number of nitrogens with zero attached hydrogens (tertiary/aromatic N) is 3. The number of amides is 1. The summed E-state index contributed by atoms with van der Waals surface area (Å²) >= 11 is 0. The van der Waals surface area contributed by atoms with Crippen LogP contribution in [0.3, 0.4) is 0 Å². The summed E-state index contributed by atoms with van der Waals surface area (Å²) in [6.45, 7) is 5.92. The molecule has 0 aromatic heterocycles. The number of likely N-dealkylation sites (N-methyl/N-ethyl adjacent to an activating group) is 1. The van der Waals surface area contributed by atoms with Gasteiger partial charge in [0.15, 0.2) is 0 Å². The average molecular weight is 350 g/mol. The van der Waals surface area contributed by atoms with Gasteiger partial charge in [-0.3, -0.25) is 20.3 Å². The first-order chi connectivity index (χ1) is 12.0. The number of carbonyl (C=O) groups excluding carboxylic acids is 1. The molecule has 0 spiro atoms. The van der Waals surface area contributed by atoms with Gasteiger partial charge in [-0.05, 0) is 6.07 Å². The minimum absolute atomic E-state index is 0.0787. The van der Waals surface area contributed by atoms with Crippen LogP contribution in [0.25, 0.3) is 0 Å². The molecule has 0 aliphatic carbocycles. The summed E-state index contributed by atoms with van der Waals surface area (Å²) in [5.74, 6) is -0.301. The number of rotatable bonds is 4. The molecule has 1 amide bonds. The van der Waals surface area contributed by atoms with Gasteiger partial charge in [-0.2, -0.15) is 0 Å². The third kappa shape index (κ3) is 4.25. The van der Waals surface area contributed by atoms with Crippen LogP contribution in [0.5, 0.6) is 0 Å². The second kappa shape index (κ2) is 7.77. The molecule has 2 aliphatic rings. The Morgan fingerprint density at radius 3 is 2.56 bits per heavy atom. The lowest BCUT2D eigenvalue weighted by atomic mass is 10.1. The first-order valence-corrected chi connectivity index (χ1v) is 8.53. The van der Waals surface area contributed by atoms with Gasteiger partial charge in [-0.15, -0.1) is 0 Å². The number of hydrogen-bond donors (Lipinski definition) is 2. The van der Waals surface area contributed by atoms with Gasteiger partial charge in [0.05, 0.1) is 62.6 Å². The van der Waals surface area contributed by atoms with Crippen LogP contribution >= 0.6 is 0 Å². The van der Waals surface area contributed by atoms with Gasteiger partial charge in [-0.25, -0.2) is 5.01 Å². The molecular weight excluding hydrogens is 326 g/mol. The highest BCUT2D eigenvalue weighted by Gasteiger charge is 2.24. The van der Waals surface area contributed by atoms with Crippen LogP contribution in [0.2, 0.25) is 0 Å². The van der Waals surface area contributed by atoms with Gasteiger partial charge >= 0.3 is 0 Å². The van der Waals surface area contributed by atoms with E-state index in [-0.39, 0.29) is 11.6 Å². The van der Waals surface area contributed by atoms with Crippen LogP contribution in [0, 0.1) is 10.1 Å². The summed E-state index contributed by atoms with van der Waals surface area (Å²) < 4.78 is 5.35. The van der Waals surface area contributed by atoms with Crippen LogP contribution in [-0.2, 0) is 4.74 Å². The summed E-state index contributed by atoms with van der Waals surface area (Å²) in [5, 5.41) is 13.0. The highest BCUT2D eigenvalue weighted by atomic mass is 16.6. The molecule has 9 heteroatoms. The first kappa shape index (κ1) is 17.6. The molecule has 9 nitrogen and oxygen atoms in total. The molecule has 0 atom stereocenters. The molecule has 2 fully saturated rings. The molecule has 1 aromatic rings. The Balaban J connectivity index is 1.81. The number of hydrogen-bond acceptors (Lipinski definition) is 6. The number of benzene rings is 1. The van der Waals surface area contributed by atoms with Crippen molar-refractivity contribution < 1.29 is 19.4 Å². The quantitative estimate of drug-likeness (QED) is 0.529. The number of quaternary nitrogens is 1. The van der Waals surface area contributed by atoms with Crippen LogP contribution < -0.4 is 15.2 Å². The van der Waals surface area contributed by atoms with Crippen molar-refractivity contribution in [2.75, 3.05) is 64.4 Å². The number of non-ortho nitro benzene ring substituents is 1. The second-order valence-corrected chi connectivity index (χ2v) is 6.44. The minimum Gasteiger partial charge on any atom is -0.378 e. The minimum atomic E-state index is -0.473. The predicted octanol–water partition coefficient (Wildman–Crippen LogP) is -1.09. The van der Waals surface area contributed by atoms with Crippen LogP contribution in [-0.4, -0.2) is 75.4 Å². The standard InChI is InChI=1S/C16H23N5O4/c1-18-4-6-20(7-5-18)17-16(22)14-12-13(21(23)24)2-3-15(14)19-8-10-25-11-9-19/h2-3,12H,4-11H2,1H3,(H,17,22)/p+1. The van der Waals surface area contributed by atoms with Crippen molar-refractivity contribution in [2.45, 2.75) is 0 Å². The van der Waals surface area contributed by atoms with E-state index >= 15 is 0 Å². The smallest absolute Gasteiger partial charge is 0.270 e. The molecule has 2 heterocycles. The molecule has 25 heavy (non-hydrogen) atoms. The molecule has 1 aromatic carbocycles. The normalized spacial score (nSPS) is 19.6. The largest absolute Gasteiger partial charge is 0.378 e. The Morgan fingerprint density at radius 2 is 1.92 bits per heavy atom. The van der Waals surface area contributed by atoms with Gasteiger partial charge in [0, 0.05) is 25.2 Å². The average Bonchev–Trinajstić information content (AvgIpc) is 2.63. The van der Waals surface area contributed by atoms with Crippen molar-refractivity contribution >= 4 is 17.3 Å². The Bertz CT molecular complexity index is 639. The van der Waals surface area contributed by atoms with E-state index < -0.39 is 4.92 Å². The highest BCUT2D eigenvalue weighted by molar-refractivity contribution is 6.00. The number of morpholine rings is 1. The molecule has 0 bridgehead atoms. The molecular formula is C16H24N5O4+. The van der Waals surface area contributed by atoms with E-state index in [9.17, 15) is 14.9 Å². The molecule has 0 radical (unpaired) electrons. The van der Waals surface area contributed by atoms with Crippen LogP contribution in [0.15, 0.2) is 18.2 Å². The number of nitro benzene ring substituents is 1. The van der Waals surface area contributed by atoms with Crippen molar-refractivity contribution in [1.82, 2.24) is 10.4 Å². The van der Waals surface area contributed by atoms with E-state index in [1.807, 2.05) is 9.91 Å². The van der Waals surface area contributed by atoms with Gasteiger partial charge in [0.2, 0.25) is 0 Å². The fourth-order valence-corrected chi connectivity index (χ4v) is 3.10. The van der Waals surface area contributed by atoms with Crippen molar-refractivity contribution in [2.24, 2.45) is 0 Å². The lowest BCUT2D eigenvalue weighted by Gasteiger charge is -2.32. The van der Waals surface area contributed by atoms with Crippen molar-refractivity contribution in [3.8, 4) is 0 Å². The molecule has 2 aliphatic heterocycles. The van der Waals surface area contributed by atoms with Crippen molar-refractivity contribution in [3.63, 3.8) is 0 Å². The molecule has 0 saturated carbocycles. The number of ether oxygens (including phenoxy) is 1. The molecule has 3 rings (SSSR count). The molecule has 0 unspecified atom stereocenters. The number of nitro groups is 1. The first-order valence-electron chi connectivity index (χ1n) is 8.53. The zero-order valence-electron chi connectivity index (χ0n) is 14.4. The summed E-state index contributed by atoms with van der Waals surface area (Å²) in [7, 11) is 2.12. The van der Waals surface area contributed by atoms with Gasteiger partial charge < -0.3 is 14.5 Å². The van der Waals surface area contributed by atoms with Crippen molar-refractivity contribution in [1.29, 1.82) is 0 Å². The summed E-state index contributed by atoms with van der Waals surface area (Å²) in [6.07, 6.45) is 0. The fraction of sp³-hybridized carbons (Fsp3) is 0.562. The highest BCUT2D eigenvalue weighted by Crippen LogP contribution is 2.26. The fourth-order valence-electron chi connectivity index (χ4n) is 3.10. The van der Waals surface area contributed by atoms with Gasteiger partial charge in [0.25, 0.3) is 11.6 Å². The second-order valence-electron chi connectivity index (χ2n) is 6.44. The van der Waals surface area contributed by atoms with E-state index in [1.54, 1.807) is 6.07 Å². The molecule has 2 saturated heterocycles. The number of piperazine rings is 1. The van der Waals surface area contributed by atoms with E-state index in [0.717, 1.165) is 26.2 Å². The Hall–Kier alpha value is -2.23. The lowest BCUT2D eigenvalue weighted by molar-refractivity contribution is -0.884. The lowest BCUT2D eigenvalue weighted by Crippen LogP contribution is -3.12. The third-order valence-corrected chi connectivity index (χ3v) is 4.66. The van der Waals surface area contributed by atoms with E-state index in [1.165, 1.54) is 17.0 Å². The number of nitrogens with one attached hydrogen (secondary N) is 2. The Morgan fingerprint density at radius 1 is 1.24 bits per heavy atom. The number of anilines is 1. The topological polar surface area (TPSA) is 92.4 Å². The summed E-state index contributed by atoms with van der Waals surface area (Å²) in [6, 6.07) is 4.47. The van der Waals surface area contributed by atoms with Crippen LogP contribution in [0.1, 0.15) is 10.4 Å². The maximum Gasteiger partial charge on any atom is 0.270 e. The number of hydrazine groups is 1. The molecule has 2 N–H and O–H groups in total. The van der Waals surface area contributed by atoms with Gasteiger partial charge in [-0.1, -0.05) is 0 Å². The van der Waals surface area contributed by atoms with E-state index in [2.05, 4.69) is 12.5 Å². The predicted molar refractivity (Wildman–Crippen MR) is 91.8 cm³/mol. The van der Waals surface area contributed by atoms with E-state index in [4.69, 9.17) is 4.74 Å². The molecule has 136 valence electrons. The maximum absolute atomic E-state index is 12.8. The summed E-state index contributed by atoms with van der Waals surface area (Å²) in [5.41, 5.74) is 3.87. The maximum atomic E-state index is 12.8. The summed E-state index contributed by atoms with van der Waals surface area (Å²) in [4.78, 5) is 26.9. The third-order valence-electron chi connectivity index (χ3n) is 4.66.